The fourth-order valence-corrected chi connectivity index (χ4v) is 3.42. The molecule has 0 aliphatic carbocycles. The fraction of sp³-hybridized carbons (Fsp3) is 0.500. The Hall–Kier alpha value is -1.79. The van der Waals surface area contributed by atoms with Gasteiger partial charge >= 0.3 is 0 Å². The molecule has 1 unspecified atom stereocenters. The molecule has 144 valence electrons. The summed E-state index contributed by atoms with van der Waals surface area (Å²) < 4.78 is 1.96. The highest BCUT2D eigenvalue weighted by Gasteiger charge is 2.26. The van der Waals surface area contributed by atoms with E-state index in [1.54, 1.807) is 6.07 Å². The Labute approximate surface area is 167 Å². The van der Waals surface area contributed by atoms with Crippen molar-refractivity contribution in [1.29, 1.82) is 0 Å². The Morgan fingerprint density at radius 1 is 1.27 bits per heavy atom. The highest BCUT2D eigenvalue weighted by Crippen LogP contribution is 2.22. The molecule has 1 aromatic heterocycles. The number of aromatic nitrogens is 3. The van der Waals surface area contributed by atoms with Crippen LogP contribution in [0.25, 0.3) is 0 Å². The van der Waals surface area contributed by atoms with Gasteiger partial charge in [-0.1, -0.05) is 6.07 Å². The summed E-state index contributed by atoms with van der Waals surface area (Å²) in [5, 5.41) is 4.44. The van der Waals surface area contributed by atoms with Gasteiger partial charge in [0.1, 0.15) is 11.6 Å². The van der Waals surface area contributed by atoms with Gasteiger partial charge in [0.05, 0.1) is 0 Å². The Bertz CT molecular complexity index is 762. The number of nitrogens with zero attached hydrogens (tertiary/aromatic N) is 4. The standard InChI is InChI=1S/C18H25N5O.2ClH/c1-12-6-7-16(19)9-17(12)18(24)22-8-4-5-15(10-22)11-23-14(3)20-13(2)21-23;;/h6-7,9,15H,4-5,8,10-11,19H2,1-3H3;2*1H. The van der Waals surface area contributed by atoms with Crippen LogP contribution in [-0.4, -0.2) is 38.7 Å². The van der Waals surface area contributed by atoms with Crippen LogP contribution in [0.15, 0.2) is 18.2 Å². The summed E-state index contributed by atoms with van der Waals surface area (Å²) in [4.78, 5) is 19.2. The number of nitrogen functional groups attached to an aromatic ring is 1. The molecule has 0 bridgehead atoms. The fourth-order valence-electron chi connectivity index (χ4n) is 3.42. The Kier molecular flexibility index (Phi) is 7.90. The number of nitrogens with two attached hydrogens (primary N) is 1. The van der Waals surface area contributed by atoms with Gasteiger partial charge in [0.15, 0.2) is 0 Å². The molecular weight excluding hydrogens is 373 g/mol. The molecule has 1 aliphatic rings. The van der Waals surface area contributed by atoms with Crippen molar-refractivity contribution in [2.45, 2.75) is 40.2 Å². The molecule has 2 N–H and O–H groups in total. The van der Waals surface area contributed by atoms with Gasteiger partial charge in [0, 0.05) is 30.9 Å². The van der Waals surface area contributed by atoms with Gasteiger partial charge in [-0.25, -0.2) is 9.67 Å². The van der Waals surface area contributed by atoms with Gasteiger partial charge in [-0.15, -0.1) is 24.8 Å². The number of carbonyl (C=O) groups is 1. The first-order chi connectivity index (χ1) is 11.4. The minimum Gasteiger partial charge on any atom is -0.399 e. The number of hydrogen-bond donors (Lipinski definition) is 1. The van der Waals surface area contributed by atoms with Crippen LogP contribution >= 0.6 is 24.8 Å². The van der Waals surface area contributed by atoms with Crippen LogP contribution in [0.4, 0.5) is 5.69 Å². The molecule has 26 heavy (non-hydrogen) atoms. The van der Waals surface area contributed by atoms with Crippen molar-refractivity contribution in [3.8, 4) is 0 Å². The van der Waals surface area contributed by atoms with Crippen LogP contribution in [0.2, 0.25) is 0 Å². The normalized spacial score (nSPS) is 16.6. The predicted octanol–water partition coefficient (Wildman–Crippen LogP) is 3.18. The highest BCUT2D eigenvalue weighted by molar-refractivity contribution is 5.96. The van der Waals surface area contributed by atoms with E-state index in [-0.39, 0.29) is 30.7 Å². The van der Waals surface area contributed by atoms with Gasteiger partial charge in [0.25, 0.3) is 5.91 Å². The molecule has 1 aliphatic heterocycles. The van der Waals surface area contributed by atoms with E-state index in [0.717, 1.165) is 49.7 Å². The number of rotatable bonds is 3. The van der Waals surface area contributed by atoms with Gasteiger partial charge < -0.3 is 10.6 Å². The van der Waals surface area contributed by atoms with Crippen LogP contribution in [0.3, 0.4) is 0 Å². The largest absolute Gasteiger partial charge is 0.399 e. The minimum atomic E-state index is 0. The number of benzene rings is 1. The number of anilines is 1. The lowest BCUT2D eigenvalue weighted by Crippen LogP contribution is -2.41. The smallest absolute Gasteiger partial charge is 0.254 e. The number of likely N-dealkylation sites (tertiary alicyclic amines) is 1. The van der Waals surface area contributed by atoms with Crippen molar-refractivity contribution < 1.29 is 4.79 Å². The van der Waals surface area contributed by atoms with Crippen molar-refractivity contribution in [3.05, 3.63) is 41.0 Å². The molecule has 8 heteroatoms. The third-order valence-corrected chi connectivity index (χ3v) is 4.69. The molecule has 0 radical (unpaired) electrons. The van der Waals surface area contributed by atoms with Crippen LogP contribution in [0, 0.1) is 26.7 Å². The molecule has 1 fully saturated rings. The molecule has 1 saturated heterocycles. The Morgan fingerprint density at radius 2 is 2.00 bits per heavy atom. The maximum atomic E-state index is 12.9. The lowest BCUT2D eigenvalue weighted by Gasteiger charge is -2.33. The molecule has 6 nitrogen and oxygen atoms in total. The summed E-state index contributed by atoms with van der Waals surface area (Å²) in [5.41, 5.74) is 8.17. The first-order valence-corrected chi connectivity index (χ1v) is 8.47. The molecule has 2 aromatic rings. The zero-order chi connectivity index (χ0) is 17.3. The minimum absolute atomic E-state index is 0. The van der Waals surface area contributed by atoms with Gasteiger partial charge in [-0.3, -0.25) is 4.79 Å². The Morgan fingerprint density at radius 3 is 2.65 bits per heavy atom. The second-order valence-electron chi connectivity index (χ2n) is 6.72. The molecule has 1 aromatic carbocycles. The van der Waals surface area contributed by atoms with E-state index in [2.05, 4.69) is 10.1 Å². The number of hydrogen-bond acceptors (Lipinski definition) is 4. The summed E-state index contributed by atoms with van der Waals surface area (Å²) in [7, 11) is 0. The number of piperidine rings is 1. The molecule has 0 saturated carbocycles. The first kappa shape index (κ1) is 22.3. The number of amides is 1. The van der Waals surface area contributed by atoms with Crippen molar-refractivity contribution in [2.24, 2.45) is 5.92 Å². The SMILES string of the molecule is Cc1nc(C)n(CC2CCCN(C(=O)c3cc(N)ccc3C)C2)n1.Cl.Cl. The number of aryl methyl sites for hydroxylation is 3. The third kappa shape index (κ3) is 4.89. The molecule has 1 atom stereocenters. The predicted molar refractivity (Wildman–Crippen MR) is 108 cm³/mol. The summed E-state index contributed by atoms with van der Waals surface area (Å²) in [5.74, 6) is 2.22. The second kappa shape index (κ2) is 9.24. The first-order valence-electron chi connectivity index (χ1n) is 8.47. The molecule has 3 rings (SSSR count). The van der Waals surface area contributed by atoms with E-state index in [9.17, 15) is 4.79 Å². The summed E-state index contributed by atoms with van der Waals surface area (Å²) >= 11 is 0. The topological polar surface area (TPSA) is 77.0 Å². The third-order valence-electron chi connectivity index (χ3n) is 4.69. The van der Waals surface area contributed by atoms with Gasteiger partial charge in [-0.2, -0.15) is 5.10 Å². The van der Waals surface area contributed by atoms with E-state index in [4.69, 9.17) is 5.73 Å². The maximum absolute atomic E-state index is 12.9. The lowest BCUT2D eigenvalue weighted by atomic mass is 9.96. The zero-order valence-electron chi connectivity index (χ0n) is 15.4. The average Bonchev–Trinajstić information content (AvgIpc) is 2.87. The summed E-state index contributed by atoms with van der Waals surface area (Å²) in [6.07, 6.45) is 2.13. The van der Waals surface area contributed by atoms with E-state index in [1.165, 1.54) is 0 Å². The van der Waals surface area contributed by atoms with Crippen LogP contribution in [-0.2, 0) is 6.54 Å². The zero-order valence-corrected chi connectivity index (χ0v) is 17.1. The molecule has 0 spiro atoms. The number of halogens is 2. The summed E-state index contributed by atoms with van der Waals surface area (Å²) in [6, 6.07) is 5.53. The average molecular weight is 400 g/mol. The second-order valence-corrected chi connectivity index (χ2v) is 6.72. The quantitative estimate of drug-likeness (QED) is 0.803. The summed E-state index contributed by atoms with van der Waals surface area (Å²) in [6.45, 7) is 8.21. The Balaban J connectivity index is 0.00000169. The van der Waals surface area contributed by atoms with Crippen molar-refractivity contribution in [2.75, 3.05) is 18.8 Å². The van der Waals surface area contributed by atoms with E-state index < -0.39 is 0 Å². The van der Waals surface area contributed by atoms with Crippen LogP contribution in [0.5, 0.6) is 0 Å². The lowest BCUT2D eigenvalue weighted by molar-refractivity contribution is 0.0658. The maximum Gasteiger partial charge on any atom is 0.254 e. The van der Waals surface area contributed by atoms with Crippen molar-refractivity contribution in [1.82, 2.24) is 19.7 Å². The highest BCUT2D eigenvalue weighted by atomic mass is 35.5. The number of carbonyl (C=O) groups excluding carboxylic acids is 1. The monoisotopic (exact) mass is 399 g/mol. The van der Waals surface area contributed by atoms with E-state index in [0.29, 0.717) is 17.2 Å². The van der Waals surface area contributed by atoms with Gasteiger partial charge in [0.2, 0.25) is 0 Å². The van der Waals surface area contributed by atoms with E-state index in [1.807, 2.05) is 42.5 Å². The molecule has 2 heterocycles. The molecule has 1 amide bonds. The van der Waals surface area contributed by atoms with Gasteiger partial charge in [-0.05, 0) is 57.2 Å². The van der Waals surface area contributed by atoms with Crippen molar-refractivity contribution >= 4 is 36.4 Å². The van der Waals surface area contributed by atoms with E-state index >= 15 is 0 Å². The van der Waals surface area contributed by atoms with Crippen LogP contribution in [0.1, 0.15) is 40.4 Å². The van der Waals surface area contributed by atoms with Crippen LogP contribution < -0.4 is 5.73 Å². The van der Waals surface area contributed by atoms with Crippen molar-refractivity contribution in [3.63, 3.8) is 0 Å². The molecular formula is C18H27Cl2N5O.